The molecule has 0 amide bonds. The van der Waals surface area contributed by atoms with E-state index in [0.717, 1.165) is 18.3 Å². The fraction of sp³-hybridized carbons (Fsp3) is 0.619. The van der Waals surface area contributed by atoms with Crippen LogP contribution < -0.4 is 4.74 Å². The van der Waals surface area contributed by atoms with Gasteiger partial charge in [-0.05, 0) is 74.8 Å². The zero-order valence-electron chi connectivity index (χ0n) is 14.8. The molecule has 1 aromatic carbocycles. The molecule has 132 valence electrons. The first-order valence-corrected chi connectivity index (χ1v) is 9.44. The summed E-state index contributed by atoms with van der Waals surface area (Å²) < 4.78 is 33.3. The van der Waals surface area contributed by atoms with Gasteiger partial charge in [0.05, 0.1) is 6.61 Å². The summed E-state index contributed by atoms with van der Waals surface area (Å²) in [5.41, 5.74) is 2.14. The van der Waals surface area contributed by atoms with E-state index in [1.54, 1.807) is 24.6 Å². The molecule has 0 spiro atoms. The summed E-state index contributed by atoms with van der Waals surface area (Å²) in [5, 5.41) is 0. The molecule has 3 heteroatoms. The number of halogens is 2. The van der Waals surface area contributed by atoms with Crippen LogP contribution in [-0.2, 0) is 6.42 Å². The lowest BCUT2D eigenvalue weighted by molar-refractivity contribution is 0.311. The van der Waals surface area contributed by atoms with E-state index >= 15 is 0 Å². The minimum atomic E-state index is -0.841. The molecule has 0 aromatic heterocycles. The van der Waals surface area contributed by atoms with Crippen LogP contribution in [0.2, 0.25) is 0 Å². The Hall–Kier alpha value is -1.38. The Labute approximate surface area is 144 Å². The van der Waals surface area contributed by atoms with E-state index in [1.807, 2.05) is 0 Å². The average Bonchev–Trinajstić information content (AvgIpc) is 3.15. The third kappa shape index (κ3) is 3.36. The molecule has 1 nitrogen and oxygen atoms in total. The largest absolute Gasteiger partial charge is 0.491 e. The first kappa shape index (κ1) is 17.4. The van der Waals surface area contributed by atoms with E-state index in [1.165, 1.54) is 32.1 Å². The quantitative estimate of drug-likeness (QED) is 0.550. The molecule has 2 aliphatic carbocycles. The number of hydrogen-bond acceptors (Lipinski definition) is 1. The summed E-state index contributed by atoms with van der Waals surface area (Å²) in [6.45, 7) is 4.35. The summed E-state index contributed by atoms with van der Waals surface area (Å²) in [6.07, 6.45) is 10.2. The van der Waals surface area contributed by atoms with Crippen molar-refractivity contribution in [2.45, 2.75) is 58.8 Å². The molecule has 0 saturated heterocycles. The number of ether oxygens (including phenoxy) is 1. The van der Waals surface area contributed by atoms with E-state index in [9.17, 15) is 8.78 Å². The maximum atomic E-state index is 14.2. The predicted molar refractivity (Wildman–Crippen MR) is 93.2 cm³/mol. The van der Waals surface area contributed by atoms with Crippen LogP contribution in [-0.4, -0.2) is 6.61 Å². The second-order valence-corrected chi connectivity index (χ2v) is 7.19. The molecule has 0 N–H and O–H groups in total. The lowest BCUT2D eigenvalue weighted by Crippen LogP contribution is -2.13. The summed E-state index contributed by atoms with van der Waals surface area (Å²) in [5.74, 6) is 0.593. The van der Waals surface area contributed by atoms with E-state index in [-0.39, 0.29) is 5.75 Å². The summed E-state index contributed by atoms with van der Waals surface area (Å²) in [7, 11) is 0. The van der Waals surface area contributed by atoms with Gasteiger partial charge in [-0.3, -0.25) is 0 Å². The lowest BCUT2D eigenvalue weighted by atomic mass is 9.85. The molecule has 1 aromatic rings. The molecular formula is C21H28F2O. The minimum Gasteiger partial charge on any atom is -0.491 e. The van der Waals surface area contributed by atoms with Crippen molar-refractivity contribution in [1.82, 2.24) is 0 Å². The van der Waals surface area contributed by atoms with Crippen molar-refractivity contribution in [3.63, 3.8) is 0 Å². The third-order valence-corrected chi connectivity index (χ3v) is 5.85. The molecule has 1 saturated carbocycles. The second kappa shape index (κ2) is 7.67. The SMILES string of the molecule is CCCC1=CCC2C(CCc3ccc(OCC)c(F)c3F)CCC12. The summed E-state index contributed by atoms with van der Waals surface area (Å²) in [4.78, 5) is 0. The first-order chi connectivity index (χ1) is 11.7. The smallest absolute Gasteiger partial charge is 0.200 e. The zero-order valence-corrected chi connectivity index (χ0v) is 14.8. The average molecular weight is 334 g/mol. The summed E-state index contributed by atoms with van der Waals surface area (Å²) in [6, 6.07) is 3.25. The molecule has 3 rings (SSSR count). The van der Waals surface area contributed by atoms with Crippen molar-refractivity contribution in [1.29, 1.82) is 0 Å². The van der Waals surface area contributed by atoms with Gasteiger partial charge in [-0.1, -0.05) is 31.1 Å². The Morgan fingerprint density at radius 3 is 2.67 bits per heavy atom. The van der Waals surface area contributed by atoms with Crippen LogP contribution in [0.25, 0.3) is 0 Å². The van der Waals surface area contributed by atoms with Crippen molar-refractivity contribution in [2.75, 3.05) is 6.61 Å². The van der Waals surface area contributed by atoms with E-state index in [2.05, 4.69) is 13.0 Å². The van der Waals surface area contributed by atoms with Crippen LogP contribution in [0.5, 0.6) is 5.75 Å². The van der Waals surface area contributed by atoms with Crippen LogP contribution in [0.4, 0.5) is 8.78 Å². The number of aryl methyl sites for hydroxylation is 1. The van der Waals surface area contributed by atoms with Crippen LogP contribution >= 0.6 is 0 Å². The fourth-order valence-electron chi connectivity index (χ4n) is 4.71. The molecular weight excluding hydrogens is 306 g/mol. The minimum absolute atomic E-state index is 0.0175. The number of benzene rings is 1. The number of allylic oxidation sites excluding steroid dienone is 2. The van der Waals surface area contributed by atoms with Crippen molar-refractivity contribution in [3.05, 3.63) is 41.0 Å². The standard InChI is InChI=1S/C21H28F2O/c1-3-5-14-8-11-18-15(9-12-17(14)18)6-7-16-10-13-19(24-4-2)21(23)20(16)22/h8,10,13,15,17-18H,3-7,9,11-12H2,1-2H3. The molecule has 3 atom stereocenters. The maximum Gasteiger partial charge on any atom is 0.200 e. The zero-order chi connectivity index (χ0) is 17.1. The Balaban J connectivity index is 1.60. The third-order valence-electron chi connectivity index (χ3n) is 5.85. The highest BCUT2D eigenvalue weighted by molar-refractivity contribution is 5.31. The van der Waals surface area contributed by atoms with E-state index in [4.69, 9.17) is 4.74 Å². The van der Waals surface area contributed by atoms with Gasteiger partial charge in [0.15, 0.2) is 11.6 Å². The molecule has 2 aliphatic rings. The van der Waals surface area contributed by atoms with Gasteiger partial charge in [0.2, 0.25) is 5.82 Å². The van der Waals surface area contributed by atoms with Gasteiger partial charge in [0.25, 0.3) is 0 Å². The molecule has 0 bridgehead atoms. The van der Waals surface area contributed by atoms with Crippen molar-refractivity contribution < 1.29 is 13.5 Å². The van der Waals surface area contributed by atoms with Crippen LogP contribution in [0.15, 0.2) is 23.8 Å². The van der Waals surface area contributed by atoms with Gasteiger partial charge < -0.3 is 4.74 Å². The van der Waals surface area contributed by atoms with Crippen LogP contribution in [0.3, 0.4) is 0 Å². The monoisotopic (exact) mass is 334 g/mol. The van der Waals surface area contributed by atoms with Crippen LogP contribution in [0, 0.1) is 29.4 Å². The highest BCUT2D eigenvalue weighted by Crippen LogP contribution is 2.50. The number of hydrogen-bond donors (Lipinski definition) is 0. The molecule has 0 radical (unpaired) electrons. The van der Waals surface area contributed by atoms with Crippen molar-refractivity contribution in [2.24, 2.45) is 17.8 Å². The Bertz CT molecular complexity index is 608. The Morgan fingerprint density at radius 1 is 1.08 bits per heavy atom. The Morgan fingerprint density at radius 2 is 1.92 bits per heavy atom. The molecule has 0 heterocycles. The van der Waals surface area contributed by atoms with Gasteiger partial charge >= 0.3 is 0 Å². The van der Waals surface area contributed by atoms with Crippen molar-refractivity contribution in [3.8, 4) is 5.75 Å². The van der Waals surface area contributed by atoms with Gasteiger partial charge in [-0.2, -0.15) is 4.39 Å². The second-order valence-electron chi connectivity index (χ2n) is 7.19. The normalized spacial score (nSPS) is 25.7. The fourth-order valence-corrected chi connectivity index (χ4v) is 4.71. The van der Waals surface area contributed by atoms with Gasteiger partial charge in [-0.25, -0.2) is 4.39 Å². The van der Waals surface area contributed by atoms with Gasteiger partial charge in [-0.15, -0.1) is 0 Å². The molecule has 3 unspecified atom stereocenters. The maximum absolute atomic E-state index is 14.2. The molecule has 1 fully saturated rings. The predicted octanol–water partition coefficient (Wildman–Crippen LogP) is 6.07. The van der Waals surface area contributed by atoms with E-state index in [0.29, 0.717) is 24.5 Å². The molecule has 24 heavy (non-hydrogen) atoms. The summed E-state index contributed by atoms with van der Waals surface area (Å²) >= 11 is 0. The van der Waals surface area contributed by atoms with Crippen LogP contribution in [0.1, 0.15) is 57.9 Å². The highest BCUT2D eigenvalue weighted by Gasteiger charge is 2.39. The lowest BCUT2D eigenvalue weighted by Gasteiger charge is -2.20. The number of fused-ring (bicyclic) bond motifs is 1. The Kier molecular flexibility index (Phi) is 5.57. The van der Waals surface area contributed by atoms with Gasteiger partial charge in [0.1, 0.15) is 0 Å². The van der Waals surface area contributed by atoms with E-state index < -0.39 is 11.6 Å². The van der Waals surface area contributed by atoms with Gasteiger partial charge in [0, 0.05) is 0 Å². The first-order valence-electron chi connectivity index (χ1n) is 9.44. The van der Waals surface area contributed by atoms with Crippen molar-refractivity contribution >= 4 is 0 Å². The highest BCUT2D eigenvalue weighted by atomic mass is 19.2. The topological polar surface area (TPSA) is 9.23 Å². The number of rotatable bonds is 7. The molecule has 0 aliphatic heterocycles.